The average molecular weight is 273 g/mol. The molecule has 106 valence electrons. The van der Waals surface area contributed by atoms with Crippen LogP contribution < -0.4 is 10.1 Å². The predicted octanol–water partition coefficient (Wildman–Crippen LogP) is 4.79. The number of ether oxygens (including phenoxy) is 1. The summed E-state index contributed by atoms with van der Waals surface area (Å²) in [5.74, 6) is 0.659. The van der Waals surface area contributed by atoms with Crippen LogP contribution >= 0.6 is 0 Å². The Kier molecular flexibility index (Phi) is 4.99. The third-order valence-electron chi connectivity index (χ3n) is 3.17. The van der Waals surface area contributed by atoms with Crippen molar-refractivity contribution in [1.82, 2.24) is 0 Å². The quantitative estimate of drug-likeness (QED) is 0.817. The Morgan fingerprint density at radius 2 is 1.85 bits per heavy atom. The van der Waals surface area contributed by atoms with Gasteiger partial charge in [0.1, 0.15) is 11.6 Å². The van der Waals surface area contributed by atoms with E-state index in [0.717, 1.165) is 23.4 Å². The van der Waals surface area contributed by atoms with Gasteiger partial charge in [-0.25, -0.2) is 4.39 Å². The van der Waals surface area contributed by atoms with Crippen LogP contribution in [0, 0.1) is 5.82 Å². The van der Waals surface area contributed by atoms with Crippen molar-refractivity contribution in [3.63, 3.8) is 0 Å². The Balaban J connectivity index is 2.09. The van der Waals surface area contributed by atoms with Crippen LogP contribution in [0.4, 0.5) is 10.1 Å². The second kappa shape index (κ2) is 6.94. The van der Waals surface area contributed by atoms with E-state index in [4.69, 9.17) is 4.74 Å². The molecule has 2 aromatic rings. The SMILES string of the molecule is CCOc1ccc(NC(CC)c2cccc(F)c2)cc1. The molecular formula is C17H20FNO. The van der Waals surface area contributed by atoms with Gasteiger partial charge in [-0.1, -0.05) is 19.1 Å². The van der Waals surface area contributed by atoms with Crippen molar-refractivity contribution in [2.45, 2.75) is 26.3 Å². The number of anilines is 1. The van der Waals surface area contributed by atoms with Crippen molar-refractivity contribution in [2.24, 2.45) is 0 Å². The van der Waals surface area contributed by atoms with E-state index in [1.165, 1.54) is 6.07 Å². The molecule has 1 unspecified atom stereocenters. The summed E-state index contributed by atoms with van der Waals surface area (Å²) in [6, 6.07) is 14.7. The lowest BCUT2D eigenvalue weighted by Crippen LogP contribution is -2.09. The zero-order valence-corrected chi connectivity index (χ0v) is 11.9. The van der Waals surface area contributed by atoms with E-state index in [2.05, 4.69) is 12.2 Å². The third kappa shape index (κ3) is 3.73. The first-order chi connectivity index (χ1) is 9.72. The van der Waals surface area contributed by atoms with E-state index in [1.54, 1.807) is 12.1 Å². The van der Waals surface area contributed by atoms with Crippen molar-refractivity contribution >= 4 is 5.69 Å². The summed E-state index contributed by atoms with van der Waals surface area (Å²) in [7, 11) is 0. The molecular weight excluding hydrogens is 253 g/mol. The number of nitrogens with one attached hydrogen (secondary N) is 1. The van der Waals surface area contributed by atoms with Crippen LogP contribution in [0.3, 0.4) is 0 Å². The summed E-state index contributed by atoms with van der Waals surface area (Å²) in [5.41, 5.74) is 1.96. The number of hydrogen-bond donors (Lipinski definition) is 1. The first-order valence-electron chi connectivity index (χ1n) is 6.97. The molecule has 2 aromatic carbocycles. The summed E-state index contributed by atoms with van der Waals surface area (Å²) in [6.45, 7) is 4.70. The van der Waals surface area contributed by atoms with Crippen LogP contribution in [0.5, 0.6) is 5.75 Å². The van der Waals surface area contributed by atoms with Crippen molar-refractivity contribution in [3.8, 4) is 5.75 Å². The monoisotopic (exact) mass is 273 g/mol. The lowest BCUT2D eigenvalue weighted by Gasteiger charge is -2.19. The minimum atomic E-state index is -0.200. The maximum absolute atomic E-state index is 13.3. The van der Waals surface area contributed by atoms with Gasteiger partial charge in [0.2, 0.25) is 0 Å². The van der Waals surface area contributed by atoms with Gasteiger partial charge in [0.05, 0.1) is 12.6 Å². The van der Waals surface area contributed by atoms with Gasteiger partial charge in [0.25, 0.3) is 0 Å². The molecule has 0 fully saturated rings. The van der Waals surface area contributed by atoms with Gasteiger partial charge in [-0.15, -0.1) is 0 Å². The lowest BCUT2D eigenvalue weighted by atomic mass is 10.0. The second-order valence-corrected chi connectivity index (χ2v) is 4.62. The van der Waals surface area contributed by atoms with Crippen LogP contribution in [-0.2, 0) is 0 Å². The molecule has 2 rings (SSSR count). The van der Waals surface area contributed by atoms with Crippen molar-refractivity contribution in [1.29, 1.82) is 0 Å². The van der Waals surface area contributed by atoms with Gasteiger partial charge in [-0.2, -0.15) is 0 Å². The van der Waals surface area contributed by atoms with E-state index in [-0.39, 0.29) is 11.9 Å². The highest BCUT2D eigenvalue weighted by Crippen LogP contribution is 2.24. The fourth-order valence-electron chi connectivity index (χ4n) is 2.16. The number of rotatable bonds is 6. The fourth-order valence-corrected chi connectivity index (χ4v) is 2.16. The van der Waals surface area contributed by atoms with Gasteiger partial charge in [-0.3, -0.25) is 0 Å². The zero-order valence-electron chi connectivity index (χ0n) is 11.9. The van der Waals surface area contributed by atoms with Crippen molar-refractivity contribution in [2.75, 3.05) is 11.9 Å². The highest BCUT2D eigenvalue weighted by Gasteiger charge is 2.09. The summed E-state index contributed by atoms with van der Waals surface area (Å²) >= 11 is 0. The van der Waals surface area contributed by atoms with Gasteiger partial charge >= 0.3 is 0 Å². The topological polar surface area (TPSA) is 21.3 Å². The number of hydrogen-bond acceptors (Lipinski definition) is 2. The second-order valence-electron chi connectivity index (χ2n) is 4.62. The molecule has 0 saturated carbocycles. The lowest BCUT2D eigenvalue weighted by molar-refractivity contribution is 0.340. The van der Waals surface area contributed by atoms with E-state index in [9.17, 15) is 4.39 Å². The number of halogens is 1. The van der Waals surface area contributed by atoms with E-state index in [0.29, 0.717) is 6.61 Å². The molecule has 0 aliphatic heterocycles. The zero-order chi connectivity index (χ0) is 14.4. The Morgan fingerprint density at radius 1 is 1.10 bits per heavy atom. The molecule has 0 radical (unpaired) electrons. The fraction of sp³-hybridized carbons (Fsp3) is 0.294. The van der Waals surface area contributed by atoms with Crippen LogP contribution in [0.2, 0.25) is 0 Å². The average Bonchev–Trinajstić information content (AvgIpc) is 2.47. The first-order valence-corrected chi connectivity index (χ1v) is 6.97. The van der Waals surface area contributed by atoms with Crippen molar-refractivity contribution in [3.05, 3.63) is 59.9 Å². The normalized spacial score (nSPS) is 11.9. The van der Waals surface area contributed by atoms with Crippen LogP contribution in [0.15, 0.2) is 48.5 Å². The van der Waals surface area contributed by atoms with E-state index >= 15 is 0 Å². The predicted molar refractivity (Wildman–Crippen MR) is 80.7 cm³/mol. The van der Waals surface area contributed by atoms with Crippen molar-refractivity contribution < 1.29 is 9.13 Å². The maximum atomic E-state index is 13.3. The van der Waals surface area contributed by atoms with Crippen LogP contribution in [0.25, 0.3) is 0 Å². The van der Waals surface area contributed by atoms with Crippen LogP contribution in [0.1, 0.15) is 31.9 Å². The standard InChI is InChI=1S/C17H20FNO/c1-3-17(13-6-5-7-14(18)12-13)19-15-8-10-16(11-9-15)20-4-2/h5-12,17,19H,3-4H2,1-2H3. The Hall–Kier alpha value is -2.03. The summed E-state index contributed by atoms with van der Waals surface area (Å²) in [6.07, 6.45) is 0.886. The largest absolute Gasteiger partial charge is 0.494 e. The Bertz CT molecular complexity index is 539. The van der Waals surface area contributed by atoms with Gasteiger partial charge in [0, 0.05) is 5.69 Å². The Labute approximate surface area is 119 Å². The summed E-state index contributed by atoms with van der Waals surface area (Å²) in [4.78, 5) is 0. The molecule has 20 heavy (non-hydrogen) atoms. The molecule has 0 spiro atoms. The molecule has 1 N–H and O–H groups in total. The van der Waals surface area contributed by atoms with Gasteiger partial charge in [-0.05, 0) is 55.3 Å². The van der Waals surface area contributed by atoms with Gasteiger partial charge in [0.15, 0.2) is 0 Å². The third-order valence-corrected chi connectivity index (χ3v) is 3.17. The first kappa shape index (κ1) is 14.4. The molecule has 0 saturated heterocycles. The minimum absolute atomic E-state index is 0.101. The summed E-state index contributed by atoms with van der Waals surface area (Å²) in [5, 5.41) is 3.42. The maximum Gasteiger partial charge on any atom is 0.123 e. The van der Waals surface area contributed by atoms with E-state index < -0.39 is 0 Å². The molecule has 0 amide bonds. The molecule has 0 aliphatic rings. The highest BCUT2D eigenvalue weighted by atomic mass is 19.1. The number of benzene rings is 2. The smallest absolute Gasteiger partial charge is 0.123 e. The molecule has 1 atom stereocenters. The van der Waals surface area contributed by atoms with E-state index in [1.807, 2.05) is 37.3 Å². The molecule has 2 nitrogen and oxygen atoms in total. The van der Waals surface area contributed by atoms with Crippen LogP contribution in [-0.4, -0.2) is 6.61 Å². The molecule has 0 aromatic heterocycles. The minimum Gasteiger partial charge on any atom is -0.494 e. The summed E-state index contributed by atoms with van der Waals surface area (Å²) < 4.78 is 18.7. The molecule has 0 aliphatic carbocycles. The van der Waals surface area contributed by atoms with Gasteiger partial charge < -0.3 is 10.1 Å². The Morgan fingerprint density at radius 3 is 2.45 bits per heavy atom. The molecule has 0 bridgehead atoms. The molecule has 3 heteroatoms. The molecule has 0 heterocycles. The highest BCUT2D eigenvalue weighted by molar-refractivity contribution is 5.48.